The van der Waals surface area contributed by atoms with Gasteiger partial charge < -0.3 is 9.80 Å². The second kappa shape index (κ2) is 7.05. The van der Waals surface area contributed by atoms with Crippen LogP contribution in [0.25, 0.3) is 0 Å². The number of piperazine rings is 1. The molecule has 1 heterocycles. The second-order valence-corrected chi connectivity index (χ2v) is 6.34. The zero-order chi connectivity index (χ0) is 18.0. The van der Waals surface area contributed by atoms with E-state index in [-0.39, 0.29) is 11.8 Å². The van der Waals surface area contributed by atoms with Crippen LogP contribution in [0.3, 0.4) is 0 Å². The molecule has 5 heteroatoms. The van der Waals surface area contributed by atoms with Crippen LogP contribution in [0.1, 0.15) is 31.8 Å². The van der Waals surface area contributed by atoms with Crippen molar-refractivity contribution in [2.45, 2.75) is 13.8 Å². The summed E-state index contributed by atoms with van der Waals surface area (Å²) in [5, 5.41) is 0. The van der Waals surface area contributed by atoms with E-state index in [9.17, 15) is 14.0 Å². The highest BCUT2D eigenvalue weighted by molar-refractivity contribution is 5.97. The van der Waals surface area contributed by atoms with Crippen molar-refractivity contribution < 1.29 is 14.0 Å². The highest BCUT2D eigenvalue weighted by Gasteiger charge is 2.26. The first-order valence-electron chi connectivity index (χ1n) is 8.37. The van der Waals surface area contributed by atoms with Crippen molar-refractivity contribution in [3.8, 4) is 0 Å². The van der Waals surface area contributed by atoms with Gasteiger partial charge in [-0.05, 0) is 49.2 Å². The second-order valence-electron chi connectivity index (χ2n) is 6.34. The quantitative estimate of drug-likeness (QED) is 0.843. The van der Waals surface area contributed by atoms with Gasteiger partial charge in [0, 0.05) is 37.3 Å². The Hall–Kier alpha value is -2.69. The molecule has 1 fully saturated rings. The van der Waals surface area contributed by atoms with Gasteiger partial charge in [0.05, 0.1) is 0 Å². The Labute approximate surface area is 146 Å². The van der Waals surface area contributed by atoms with E-state index >= 15 is 0 Å². The molecule has 4 nitrogen and oxygen atoms in total. The first kappa shape index (κ1) is 17.1. The van der Waals surface area contributed by atoms with Crippen LogP contribution in [0.5, 0.6) is 0 Å². The topological polar surface area (TPSA) is 40.6 Å². The van der Waals surface area contributed by atoms with Crippen LogP contribution >= 0.6 is 0 Å². The van der Waals surface area contributed by atoms with E-state index in [0.717, 1.165) is 11.1 Å². The molecule has 130 valence electrons. The standard InChI is InChI=1S/C20H21FN2O2/c1-14-5-3-8-18(15(14)2)20(25)23-11-9-22(10-12-23)19(24)16-6-4-7-17(21)13-16/h3-8,13H,9-12H2,1-2H3. The highest BCUT2D eigenvalue weighted by Crippen LogP contribution is 2.17. The smallest absolute Gasteiger partial charge is 0.254 e. The van der Waals surface area contributed by atoms with Crippen molar-refractivity contribution in [3.05, 3.63) is 70.5 Å². The normalized spacial score (nSPS) is 14.5. The van der Waals surface area contributed by atoms with Gasteiger partial charge in [0.2, 0.25) is 0 Å². The van der Waals surface area contributed by atoms with Gasteiger partial charge in [-0.3, -0.25) is 9.59 Å². The summed E-state index contributed by atoms with van der Waals surface area (Å²) in [4.78, 5) is 28.6. The molecule has 0 saturated carbocycles. The average Bonchev–Trinajstić information content (AvgIpc) is 2.63. The van der Waals surface area contributed by atoms with Crippen LogP contribution in [0, 0.1) is 19.7 Å². The van der Waals surface area contributed by atoms with E-state index in [4.69, 9.17) is 0 Å². The molecule has 25 heavy (non-hydrogen) atoms. The number of rotatable bonds is 2. The molecule has 0 unspecified atom stereocenters. The molecule has 0 aliphatic carbocycles. The van der Waals surface area contributed by atoms with E-state index < -0.39 is 5.82 Å². The van der Waals surface area contributed by atoms with Gasteiger partial charge in [-0.15, -0.1) is 0 Å². The fraction of sp³-hybridized carbons (Fsp3) is 0.300. The minimum absolute atomic E-state index is 0.000875. The largest absolute Gasteiger partial charge is 0.335 e. The summed E-state index contributed by atoms with van der Waals surface area (Å²) < 4.78 is 13.3. The molecule has 3 rings (SSSR count). The van der Waals surface area contributed by atoms with Crippen molar-refractivity contribution in [1.29, 1.82) is 0 Å². The molecule has 1 aliphatic heterocycles. The third kappa shape index (κ3) is 3.55. The molecule has 0 aromatic heterocycles. The number of nitrogens with zero attached hydrogens (tertiary/aromatic N) is 2. The van der Waals surface area contributed by atoms with Crippen LogP contribution in [-0.2, 0) is 0 Å². The summed E-state index contributed by atoms with van der Waals surface area (Å²) in [6.45, 7) is 5.80. The van der Waals surface area contributed by atoms with Crippen molar-refractivity contribution >= 4 is 11.8 Å². The van der Waals surface area contributed by atoms with E-state index in [1.165, 1.54) is 18.2 Å². The molecular formula is C20H21FN2O2. The Balaban J connectivity index is 1.66. The maximum Gasteiger partial charge on any atom is 0.254 e. The lowest BCUT2D eigenvalue weighted by atomic mass is 10.0. The molecule has 0 N–H and O–H groups in total. The minimum atomic E-state index is -0.422. The molecule has 1 saturated heterocycles. The fourth-order valence-electron chi connectivity index (χ4n) is 3.07. The van der Waals surface area contributed by atoms with Crippen molar-refractivity contribution in [2.24, 2.45) is 0 Å². The summed E-state index contributed by atoms with van der Waals surface area (Å²) in [5.74, 6) is -0.619. The summed E-state index contributed by atoms with van der Waals surface area (Å²) in [7, 11) is 0. The lowest BCUT2D eigenvalue weighted by Crippen LogP contribution is -2.50. The Kier molecular flexibility index (Phi) is 4.83. The lowest BCUT2D eigenvalue weighted by molar-refractivity contribution is 0.0535. The lowest BCUT2D eigenvalue weighted by Gasteiger charge is -2.35. The molecule has 0 radical (unpaired) electrons. The van der Waals surface area contributed by atoms with Crippen molar-refractivity contribution in [2.75, 3.05) is 26.2 Å². The van der Waals surface area contributed by atoms with Crippen molar-refractivity contribution in [1.82, 2.24) is 9.80 Å². The molecule has 2 aromatic rings. The van der Waals surface area contributed by atoms with E-state index in [2.05, 4.69) is 0 Å². The Morgan fingerprint density at radius 1 is 0.880 bits per heavy atom. The summed E-state index contributed by atoms with van der Waals surface area (Å²) in [5.41, 5.74) is 3.13. The SMILES string of the molecule is Cc1cccc(C(=O)N2CCN(C(=O)c3cccc(F)c3)CC2)c1C. The Morgan fingerprint density at radius 2 is 1.48 bits per heavy atom. The van der Waals surface area contributed by atoms with Crippen LogP contribution in [0.15, 0.2) is 42.5 Å². The van der Waals surface area contributed by atoms with Crippen LogP contribution in [0.2, 0.25) is 0 Å². The van der Waals surface area contributed by atoms with Gasteiger partial charge in [-0.1, -0.05) is 18.2 Å². The van der Waals surface area contributed by atoms with Gasteiger partial charge in [0.15, 0.2) is 0 Å². The maximum atomic E-state index is 13.3. The third-order valence-electron chi connectivity index (χ3n) is 4.76. The van der Waals surface area contributed by atoms with E-state index in [1.807, 2.05) is 32.0 Å². The number of carbonyl (C=O) groups excluding carboxylic acids is 2. The fourth-order valence-corrected chi connectivity index (χ4v) is 3.07. The summed E-state index contributed by atoms with van der Waals surface area (Å²) in [6.07, 6.45) is 0. The number of aryl methyl sites for hydroxylation is 1. The molecule has 0 spiro atoms. The van der Waals surface area contributed by atoms with Gasteiger partial charge in [-0.25, -0.2) is 4.39 Å². The zero-order valence-corrected chi connectivity index (χ0v) is 14.5. The third-order valence-corrected chi connectivity index (χ3v) is 4.76. The molecule has 1 aliphatic rings. The first-order valence-corrected chi connectivity index (χ1v) is 8.37. The van der Waals surface area contributed by atoms with Gasteiger partial charge >= 0.3 is 0 Å². The predicted molar refractivity (Wildman–Crippen MR) is 94.1 cm³/mol. The average molecular weight is 340 g/mol. The van der Waals surface area contributed by atoms with Gasteiger partial charge in [0.1, 0.15) is 5.82 Å². The van der Waals surface area contributed by atoms with Crippen LogP contribution < -0.4 is 0 Å². The highest BCUT2D eigenvalue weighted by atomic mass is 19.1. The Bertz CT molecular complexity index is 811. The summed E-state index contributed by atoms with van der Waals surface area (Å²) >= 11 is 0. The molecule has 2 aromatic carbocycles. The summed E-state index contributed by atoms with van der Waals surface area (Å²) in [6, 6.07) is 11.4. The number of halogens is 1. The predicted octanol–water partition coefficient (Wildman–Crippen LogP) is 3.04. The van der Waals surface area contributed by atoms with Crippen LogP contribution in [0.4, 0.5) is 4.39 Å². The molecular weight excluding hydrogens is 319 g/mol. The van der Waals surface area contributed by atoms with Crippen LogP contribution in [-0.4, -0.2) is 47.8 Å². The van der Waals surface area contributed by atoms with Gasteiger partial charge in [-0.2, -0.15) is 0 Å². The molecule has 2 amide bonds. The Morgan fingerprint density at radius 3 is 2.12 bits per heavy atom. The van der Waals surface area contributed by atoms with Crippen molar-refractivity contribution in [3.63, 3.8) is 0 Å². The van der Waals surface area contributed by atoms with Gasteiger partial charge in [0.25, 0.3) is 11.8 Å². The van der Waals surface area contributed by atoms with E-state index in [1.54, 1.807) is 15.9 Å². The number of benzene rings is 2. The number of hydrogen-bond donors (Lipinski definition) is 0. The number of carbonyl (C=O) groups is 2. The maximum absolute atomic E-state index is 13.3. The zero-order valence-electron chi connectivity index (χ0n) is 14.5. The molecule has 0 bridgehead atoms. The van der Waals surface area contributed by atoms with E-state index in [0.29, 0.717) is 37.3 Å². The minimum Gasteiger partial charge on any atom is -0.335 e. The number of hydrogen-bond acceptors (Lipinski definition) is 2. The first-order chi connectivity index (χ1) is 12.0. The molecule has 0 atom stereocenters. The number of amides is 2. The monoisotopic (exact) mass is 340 g/mol.